The molecule has 0 saturated carbocycles. The number of rotatable bonds is 4. The van der Waals surface area contributed by atoms with Gasteiger partial charge in [-0.1, -0.05) is 15.9 Å². The van der Waals surface area contributed by atoms with Crippen LogP contribution in [-0.4, -0.2) is 15.9 Å². The quantitative estimate of drug-likeness (QED) is 0.487. The highest BCUT2D eigenvalue weighted by Crippen LogP contribution is 2.34. The summed E-state index contributed by atoms with van der Waals surface area (Å²) < 4.78 is 0.525. The lowest BCUT2D eigenvalue weighted by Crippen LogP contribution is -2.10. The van der Waals surface area contributed by atoms with Crippen molar-refractivity contribution in [2.45, 2.75) is 0 Å². The van der Waals surface area contributed by atoms with E-state index in [9.17, 15) is 20.0 Å². The number of nitro groups is 1. The van der Waals surface area contributed by atoms with E-state index >= 15 is 0 Å². The molecule has 0 aliphatic carbocycles. The molecule has 112 valence electrons. The number of azo groups is 1. The van der Waals surface area contributed by atoms with Gasteiger partial charge in [-0.05, 0) is 30.3 Å². The molecule has 0 aliphatic heterocycles. The summed E-state index contributed by atoms with van der Waals surface area (Å²) in [4.78, 5) is 21.5. The molecular formula is C13H9BrN4O4. The number of halogens is 1. The predicted octanol–water partition coefficient (Wildman–Crippen LogP) is 3.58. The van der Waals surface area contributed by atoms with Gasteiger partial charge in [0.1, 0.15) is 11.4 Å². The Hall–Kier alpha value is -2.81. The maximum atomic E-state index is 11.1. The highest BCUT2D eigenvalue weighted by atomic mass is 79.9. The van der Waals surface area contributed by atoms with Gasteiger partial charge in [0.2, 0.25) is 5.91 Å². The number of hydrogen-bond donors (Lipinski definition) is 2. The fourth-order valence-electron chi connectivity index (χ4n) is 1.59. The second-order valence-corrected chi connectivity index (χ2v) is 5.07. The normalized spacial score (nSPS) is 10.8. The smallest absolute Gasteiger partial charge is 0.297 e. The first-order valence-electron chi connectivity index (χ1n) is 5.87. The van der Waals surface area contributed by atoms with Crippen molar-refractivity contribution >= 4 is 38.9 Å². The molecule has 0 spiro atoms. The van der Waals surface area contributed by atoms with E-state index in [1.54, 1.807) is 6.07 Å². The van der Waals surface area contributed by atoms with Crippen LogP contribution in [0.15, 0.2) is 51.1 Å². The Balaban J connectivity index is 2.43. The molecule has 1 amide bonds. The number of amides is 1. The van der Waals surface area contributed by atoms with Gasteiger partial charge in [0, 0.05) is 16.1 Å². The van der Waals surface area contributed by atoms with Crippen LogP contribution in [0.3, 0.4) is 0 Å². The average molecular weight is 365 g/mol. The summed E-state index contributed by atoms with van der Waals surface area (Å²) in [5.41, 5.74) is 5.01. The number of nitrogens with two attached hydrogens (primary N) is 1. The lowest BCUT2D eigenvalue weighted by atomic mass is 10.2. The van der Waals surface area contributed by atoms with Crippen molar-refractivity contribution in [3.63, 3.8) is 0 Å². The van der Waals surface area contributed by atoms with Gasteiger partial charge in [0.25, 0.3) is 5.69 Å². The van der Waals surface area contributed by atoms with Crippen molar-refractivity contribution in [3.8, 4) is 5.75 Å². The topological polar surface area (TPSA) is 131 Å². The van der Waals surface area contributed by atoms with Crippen LogP contribution in [-0.2, 0) is 0 Å². The monoisotopic (exact) mass is 364 g/mol. The number of carbonyl (C=O) groups is 1. The number of hydrogen-bond acceptors (Lipinski definition) is 6. The zero-order valence-corrected chi connectivity index (χ0v) is 12.5. The maximum absolute atomic E-state index is 11.1. The van der Waals surface area contributed by atoms with Crippen LogP contribution in [0.5, 0.6) is 5.75 Å². The van der Waals surface area contributed by atoms with Crippen molar-refractivity contribution in [2.75, 3.05) is 0 Å². The average Bonchev–Trinajstić information content (AvgIpc) is 2.46. The minimum atomic E-state index is -0.689. The molecular weight excluding hydrogens is 356 g/mol. The van der Waals surface area contributed by atoms with Crippen LogP contribution in [0.25, 0.3) is 0 Å². The molecule has 0 bridgehead atoms. The summed E-state index contributed by atoms with van der Waals surface area (Å²) in [6, 6.07) is 8.07. The SMILES string of the molecule is NC(=O)c1ccc(O)c(N=Nc2ccc(Br)cc2[N+](=O)[O-])c1. The van der Waals surface area contributed by atoms with Gasteiger partial charge >= 0.3 is 0 Å². The number of benzene rings is 2. The second-order valence-electron chi connectivity index (χ2n) is 4.16. The molecule has 0 radical (unpaired) electrons. The third-order valence-corrected chi connectivity index (χ3v) is 3.15. The number of carbonyl (C=O) groups excluding carboxylic acids is 1. The Morgan fingerprint density at radius 3 is 2.50 bits per heavy atom. The summed E-state index contributed by atoms with van der Waals surface area (Å²) in [5, 5.41) is 28.1. The van der Waals surface area contributed by atoms with Gasteiger partial charge in [-0.15, -0.1) is 10.2 Å². The molecule has 0 atom stereocenters. The maximum Gasteiger partial charge on any atom is 0.297 e. The van der Waals surface area contributed by atoms with Crippen LogP contribution in [0.1, 0.15) is 10.4 Å². The van der Waals surface area contributed by atoms with Gasteiger partial charge in [0.15, 0.2) is 5.69 Å². The highest BCUT2D eigenvalue weighted by Gasteiger charge is 2.14. The molecule has 0 fully saturated rings. The van der Waals surface area contributed by atoms with E-state index < -0.39 is 10.8 Å². The van der Waals surface area contributed by atoms with Crippen LogP contribution < -0.4 is 5.73 Å². The number of nitro benzene ring substituents is 1. The molecule has 9 heteroatoms. The van der Waals surface area contributed by atoms with Crippen molar-refractivity contribution in [1.29, 1.82) is 0 Å². The number of aromatic hydroxyl groups is 1. The molecule has 0 saturated heterocycles. The zero-order valence-electron chi connectivity index (χ0n) is 10.9. The molecule has 0 aliphatic rings. The van der Waals surface area contributed by atoms with E-state index in [2.05, 4.69) is 26.2 Å². The van der Waals surface area contributed by atoms with E-state index in [0.29, 0.717) is 4.47 Å². The number of phenols is 1. The lowest BCUT2D eigenvalue weighted by molar-refractivity contribution is -0.384. The minimum Gasteiger partial charge on any atom is -0.506 e. The molecule has 0 aromatic heterocycles. The van der Waals surface area contributed by atoms with Crippen LogP contribution in [0.2, 0.25) is 0 Å². The number of nitrogens with zero attached hydrogens (tertiary/aromatic N) is 3. The number of phenolic OH excluding ortho intramolecular Hbond substituents is 1. The van der Waals surface area contributed by atoms with E-state index in [1.807, 2.05) is 0 Å². The molecule has 2 aromatic carbocycles. The minimum absolute atomic E-state index is 0.0112. The largest absolute Gasteiger partial charge is 0.506 e. The second kappa shape index (κ2) is 6.31. The van der Waals surface area contributed by atoms with Gasteiger partial charge in [-0.2, -0.15) is 0 Å². The van der Waals surface area contributed by atoms with Gasteiger partial charge in [-0.25, -0.2) is 0 Å². The van der Waals surface area contributed by atoms with E-state index in [1.165, 1.54) is 30.3 Å². The number of primary amides is 1. The Morgan fingerprint density at radius 2 is 1.86 bits per heavy atom. The first-order chi connectivity index (χ1) is 10.4. The highest BCUT2D eigenvalue weighted by molar-refractivity contribution is 9.10. The molecule has 22 heavy (non-hydrogen) atoms. The van der Waals surface area contributed by atoms with Crippen molar-refractivity contribution < 1.29 is 14.8 Å². The molecule has 3 N–H and O–H groups in total. The lowest BCUT2D eigenvalue weighted by Gasteiger charge is -2.01. The summed E-state index contributed by atoms with van der Waals surface area (Å²) >= 11 is 3.13. The van der Waals surface area contributed by atoms with E-state index in [0.717, 1.165) is 0 Å². The third-order valence-electron chi connectivity index (χ3n) is 2.66. The molecule has 0 unspecified atom stereocenters. The fourth-order valence-corrected chi connectivity index (χ4v) is 1.94. The van der Waals surface area contributed by atoms with Gasteiger partial charge in [-0.3, -0.25) is 14.9 Å². The summed E-state index contributed by atoms with van der Waals surface area (Å²) in [6.45, 7) is 0. The van der Waals surface area contributed by atoms with Crippen LogP contribution in [0.4, 0.5) is 17.1 Å². The molecule has 2 rings (SSSR count). The third kappa shape index (κ3) is 3.44. The first-order valence-corrected chi connectivity index (χ1v) is 6.66. The Labute approximate surface area is 132 Å². The molecule has 0 heterocycles. The first kappa shape index (κ1) is 15.6. The standard InChI is InChI=1S/C13H9BrN4O4/c14-8-2-3-9(11(6-8)18(21)22)16-17-10-5-7(13(15)20)1-4-12(10)19/h1-6,19H,(H2,15,20). The Kier molecular flexibility index (Phi) is 4.47. The molecule has 2 aromatic rings. The Bertz CT molecular complexity index is 792. The van der Waals surface area contributed by atoms with Crippen molar-refractivity contribution in [2.24, 2.45) is 16.0 Å². The van der Waals surface area contributed by atoms with Crippen LogP contribution in [0, 0.1) is 10.1 Å². The fraction of sp³-hybridized carbons (Fsp3) is 0. The van der Waals surface area contributed by atoms with E-state index in [-0.39, 0.29) is 28.4 Å². The van der Waals surface area contributed by atoms with Gasteiger partial charge < -0.3 is 10.8 Å². The van der Waals surface area contributed by atoms with Crippen LogP contribution >= 0.6 is 15.9 Å². The summed E-state index contributed by atoms with van der Waals surface area (Å²) in [6.07, 6.45) is 0. The Morgan fingerprint density at radius 1 is 1.18 bits per heavy atom. The summed E-state index contributed by atoms with van der Waals surface area (Å²) in [5.74, 6) is -0.917. The zero-order chi connectivity index (χ0) is 16.3. The predicted molar refractivity (Wildman–Crippen MR) is 81.6 cm³/mol. The molecule has 8 nitrogen and oxygen atoms in total. The summed E-state index contributed by atoms with van der Waals surface area (Å²) in [7, 11) is 0. The van der Waals surface area contributed by atoms with Crippen molar-refractivity contribution in [1.82, 2.24) is 0 Å². The van der Waals surface area contributed by atoms with E-state index in [4.69, 9.17) is 5.73 Å². The van der Waals surface area contributed by atoms with Crippen molar-refractivity contribution in [3.05, 3.63) is 56.5 Å². The van der Waals surface area contributed by atoms with Gasteiger partial charge in [0.05, 0.1) is 4.92 Å².